The molecule has 0 saturated heterocycles. The molecule has 1 aromatic rings. The average molecular weight is 220 g/mol. The van der Waals surface area contributed by atoms with Crippen molar-refractivity contribution in [3.63, 3.8) is 0 Å². The molecule has 4 nitrogen and oxygen atoms in total. The van der Waals surface area contributed by atoms with Gasteiger partial charge in [-0.05, 0) is 38.5 Å². The van der Waals surface area contributed by atoms with Crippen molar-refractivity contribution in [3.05, 3.63) is 17.5 Å². The van der Waals surface area contributed by atoms with Crippen molar-refractivity contribution in [1.29, 1.82) is 0 Å². The highest BCUT2D eigenvalue weighted by molar-refractivity contribution is 5.95. The van der Waals surface area contributed by atoms with Gasteiger partial charge in [0.15, 0.2) is 5.76 Å². The van der Waals surface area contributed by atoms with E-state index in [2.05, 4.69) is 17.4 Å². The monoisotopic (exact) mass is 220 g/mol. The minimum Gasteiger partial charge on any atom is -0.360 e. The molecule has 0 bridgehead atoms. The molecular weight excluding hydrogens is 204 g/mol. The first-order chi connectivity index (χ1) is 7.75. The lowest BCUT2D eigenvalue weighted by molar-refractivity contribution is 0.0933. The maximum Gasteiger partial charge on any atom is 0.256 e. The highest BCUT2D eigenvalue weighted by atomic mass is 16.5. The number of nitrogens with one attached hydrogen (secondary N) is 1. The Morgan fingerprint density at radius 3 is 2.88 bits per heavy atom. The molecule has 2 aliphatic carbocycles. The van der Waals surface area contributed by atoms with E-state index in [1.54, 1.807) is 6.20 Å². The number of hydrogen-bond acceptors (Lipinski definition) is 3. The summed E-state index contributed by atoms with van der Waals surface area (Å²) in [5, 5.41) is 6.76. The van der Waals surface area contributed by atoms with E-state index in [0.717, 1.165) is 18.6 Å². The van der Waals surface area contributed by atoms with E-state index in [9.17, 15) is 4.79 Å². The minimum atomic E-state index is -0.0254. The zero-order valence-electron chi connectivity index (χ0n) is 9.40. The highest BCUT2D eigenvalue weighted by Gasteiger charge is 2.34. The van der Waals surface area contributed by atoms with Gasteiger partial charge < -0.3 is 9.84 Å². The van der Waals surface area contributed by atoms with Crippen molar-refractivity contribution in [3.8, 4) is 0 Å². The Kier molecular flexibility index (Phi) is 2.23. The van der Waals surface area contributed by atoms with Crippen LogP contribution < -0.4 is 5.32 Å². The fraction of sp³-hybridized carbons (Fsp3) is 0.667. The van der Waals surface area contributed by atoms with Crippen molar-refractivity contribution in [1.82, 2.24) is 10.5 Å². The Balaban J connectivity index is 1.70. The first-order valence-electron chi connectivity index (χ1n) is 6.01. The summed E-state index contributed by atoms with van der Waals surface area (Å²) in [5.74, 6) is 1.86. The van der Waals surface area contributed by atoms with Crippen LogP contribution in [0.1, 0.15) is 54.6 Å². The third-order valence-electron chi connectivity index (χ3n) is 3.48. The smallest absolute Gasteiger partial charge is 0.256 e. The maximum atomic E-state index is 12.0. The van der Waals surface area contributed by atoms with Crippen LogP contribution in [-0.2, 0) is 0 Å². The summed E-state index contributed by atoms with van der Waals surface area (Å²) in [4.78, 5) is 12.0. The Bertz CT molecular complexity index is 405. The zero-order chi connectivity index (χ0) is 11.1. The van der Waals surface area contributed by atoms with Gasteiger partial charge in [-0.1, -0.05) is 5.16 Å². The largest absolute Gasteiger partial charge is 0.360 e. The third-order valence-corrected chi connectivity index (χ3v) is 3.48. The van der Waals surface area contributed by atoms with Crippen LogP contribution in [0.5, 0.6) is 0 Å². The van der Waals surface area contributed by atoms with Gasteiger partial charge in [-0.3, -0.25) is 4.79 Å². The van der Waals surface area contributed by atoms with Crippen LogP contribution in [-0.4, -0.2) is 17.1 Å². The summed E-state index contributed by atoms with van der Waals surface area (Å²) in [7, 11) is 0. The fourth-order valence-electron chi connectivity index (χ4n) is 2.06. The van der Waals surface area contributed by atoms with Crippen LogP contribution in [0.4, 0.5) is 0 Å². The molecule has 0 unspecified atom stereocenters. The Morgan fingerprint density at radius 2 is 2.25 bits per heavy atom. The molecule has 0 aromatic carbocycles. The number of carbonyl (C=O) groups excluding carboxylic acids is 1. The average Bonchev–Trinajstić information content (AvgIpc) is 3.15. The van der Waals surface area contributed by atoms with E-state index in [1.807, 2.05) is 0 Å². The Labute approximate surface area is 94.4 Å². The molecule has 86 valence electrons. The predicted octanol–water partition coefficient (Wildman–Crippen LogP) is 2.08. The lowest BCUT2D eigenvalue weighted by Gasteiger charge is -2.11. The maximum absolute atomic E-state index is 12.0. The van der Waals surface area contributed by atoms with Gasteiger partial charge in [0.05, 0.1) is 6.20 Å². The standard InChI is InChI=1S/C12H16N2O2/c1-7(8-2-3-8)14-12(15)10-6-13-16-11(10)9-4-5-9/h6-9H,2-5H2,1H3,(H,14,15)/t7-/m0/s1. The lowest BCUT2D eigenvalue weighted by atomic mass is 10.1. The molecule has 2 fully saturated rings. The first kappa shape index (κ1) is 9.87. The second-order valence-electron chi connectivity index (χ2n) is 4.98. The predicted molar refractivity (Wildman–Crippen MR) is 58.1 cm³/mol. The van der Waals surface area contributed by atoms with Gasteiger partial charge in [0.2, 0.25) is 0 Å². The summed E-state index contributed by atoms with van der Waals surface area (Å²) in [6.07, 6.45) is 6.26. The molecule has 1 atom stereocenters. The molecule has 1 N–H and O–H groups in total. The Morgan fingerprint density at radius 1 is 1.50 bits per heavy atom. The number of aromatic nitrogens is 1. The van der Waals surface area contributed by atoms with Gasteiger partial charge in [0.1, 0.15) is 5.56 Å². The Hall–Kier alpha value is -1.32. The van der Waals surface area contributed by atoms with E-state index < -0.39 is 0 Å². The molecule has 3 rings (SSSR count). The molecule has 2 saturated carbocycles. The topological polar surface area (TPSA) is 55.1 Å². The number of nitrogens with zero attached hydrogens (tertiary/aromatic N) is 1. The summed E-state index contributed by atoms with van der Waals surface area (Å²) in [6.45, 7) is 2.07. The summed E-state index contributed by atoms with van der Waals surface area (Å²) < 4.78 is 5.16. The van der Waals surface area contributed by atoms with Gasteiger partial charge >= 0.3 is 0 Å². The zero-order valence-corrected chi connectivity index (χ0v) is 9.40. The first-order valence-corrected chi connectivity index (χ1v) is 6.01. The van der Waals surface area contributed by atoms with Crippen molar-refractivity contribution in [2.75, 3.05) is 0 Å². The number of hydrogen-bond donors (Lipinski definition) is 1. The van der Waals surface area contributed by atoms with Crippen molar-refractivity contribution < 1.29 is 9.32 Å². The third kappa shape index (κ3) is 1.84. The lowest BCUT2D eigenvalue weighted by Crippen LogP contribution is -2.34. The minimum absolute atomic E-state index is 0.0254. The molecule has 1 amide bonds. The van der Waals surface area contributed by atoms with Crippen LogP contribution in [0.3, 0.4) is 0 Å². The highest BCUT2D eigenvalue weighted by Crippen LogP contribution is 2.41. The van der Waals surface area contributed by atoms with Gasteiger partial charge in [-0.15, -0.1) is 0 Å². The van der Waals surface area contributed by atoms with E-state index in [0.29, 0.717) is 17.4 Å². The van der Waals surface area contributed by atoms with Gasteiger partial charge in [0, 0.05) is 12.0 Å². The quantitative estimate of drug-likeness (QED) is 0.845. The molecule has 1 heterocycles. The van der Waals surface area contributed by atoms with E-state index >= 15 is 0 Å². The van der Waals surface area contributed by atoms with Gasteiger partial charge in [0.25, 0.3) is 5.91 Å². The normalized spacial score (nSPS) is 21.8. The molecule has 2 aliphatic rings. The second kappa shape index (κ2) is 3.61. The van der Waals surface area contributed by atoms with Crippen molar-refractivity contribution in [2.45, 2.75) is 44.6 Å². The van der Waals surface area contributed by atoms with Crippen LogP contribution >= 0.6 is 0 Å². The summed E-state index contributed by atoms with van der Waals surface area (Å²) in [5.41, 5.74) is 0.634. The molecular formula is C12H16N2O2. The number of carbonyl (C=O) groups is 1. The van der Waals surface area contributed by atoms with E-state index in [1.165, 1.54) is 12.8 Å². The van der Waals surface area contributed by atoms with Crippen LogP contribution in [0.15, 0.2) is 10.7 Å². The molecule has 0 radical (unpaired) electrons. The van der Waals surface area contributed by atoms with E-state index in [-0.39, 0.29) is 11.9 Å². The second-order valence-corrected chi connectivity index (χ2v) is 4.98. The molecule has 0 spiro atoms. The number of amides is 1. The van der Waals surface area contributed by atoms with Crippen molar-refractivity contribution >= 4 is 5.91 Å². The summed E-state index contributed by atoms with van der Waals surface area (Å²) in [6, 6.07) is 0.273. The van der Waals surface area contributed by atoms with Gasteiger partial charge in [-0.25, -0.2) is 0 Å². The number of rotatable bonds is 4. The molecule has 1 aromatic heterocycles. The van der Waals surface area contributed by atoms with Crippen LogP contribution in [0.25, 0.3) is 0 Å². The molecule has 16 heavy (non-hydrogen) atoms. The van der Waals surface area contributed by atoms with Crippen LogP contribution in [0, 0.1) is 5.92 Å². The van der Waals surface area contributed by atoms with Gasteiger partial charge in [-0.2, -0.15) is 0 Å². The summed E-state index contributed by atoms with van der Waals surface area (Å²) >= 11 is 0. The fourth-order valence-corrected chi connectivity index (χ4v) is 2.06. The SMILES string of the molecule is C[C@H](NC(=O)c1cnoc1C1CC1)C1CC1. The van der Waals surface area contributed by atoms with E-state index in [4.69, 9.17) is 4.52 Å². The van der Waals surface area contributed by atoms with Crippen LogP contribution in [0.2, 0.25) is 0 Å². The molecule has 0 aliphatic heterocycles. The van der Waals surface area contributed by atoms with Crippen molar-refractivity contribution in [2.24, 2.45) is 5.92 Å². The molecule has 4 heteroatoms.